The lowest BCUT2D eigenvalue weighted by atomic mass is 10.0. The first-order valence-electron chi connectivity index (χ1n) is 9.48. The van der Waals surface area contributed by atoms with Gasteiger partial charge in [-0.3, -0.25) is 14.9 Å². The number of benzene rings is 2. The van der Waals surface area contributed by atoms with Crippen LogP contribution in [0.2, 0.25) is 5.02 Å². The van der Waals surface area contributed by atoms with E-state index >= 15 is 0 Å². The van der Waals surface area contributed by atoms with Gasteiger partial charge in [0.2, 0.25) is 0 Å². The minimum absolute atomic E-state index is 0.143. The van der Waals surface area contributed by atoms with Crippen LogP contribution < -0.4 is 5.32 Å². The molecule has 160 valence electrons. The lowest BCUT2D eigenvalue weighted by molar-refractivity contribution is -0.385. The standard InChI is InChI=1S/C22H19ClN2O5S/c1-3-13-5-7-14(8-6-13)17-12-31-21(19(17)22(27)30-4-2)24-20(26)16-10-9-15(23)11-18(16)25(28)29/h5-12H,3-4H2,1-2H3,(H,24,26). The summed E-state index contributed by atoms with van der Waals surface area (Å²) < 4.78 is 5.19. The molecule has 3 rings (SSSR count). The average Bonchev–Trinajstić information content (AvgIpc) is 3.17. The van der Waals surface area contributed by atoms with E-state index in [1.807, 2.05) is 31.2 Å². The third-order valence-corrected chi connectivity index (χ3v) is 5.70. The van der Waals surface area contributed by atoms with Gasteiger partial charge in [0.25, 0.3) is 11.6 Å². The number of esters is 1. The first-order valence-corrected chi connectivity index (χ1v) is 10.7. The van der Waals surface area contributed by atoms with Crippen molar-refractivity contribution in [2.24, 2.45) is 0 Å². The molecule has 1 aromatic heterocycles. The molecule has 1 heterocycles. The maximum absolute atomic E-state index is 12.8. The van der Waals surface area contributed by atoms with Crippen LogP contribution in [0.4, 0.5) is 10.7 Å². The van der Waals surface area contributed by atoms with Gasteiger partial charge in [-0.05, 0) is 36.6 Å². The van der Waals surface area contributed by atoms with Crippen LogP contribution in [0.25, 0.3) is 11.1 Å². The zero-order chi connectivity index (χ0) is 22.5. The molecule has 0 unspecified atom stereocenters. The van der Waals surface area contributed by atoms with Crippen molar-refractivity contribution in [2.75, 3.05) is 11.9 Å². The zero-order valence-corrected chi connectivity index (χ0v) is 18.4. The van der Waals surface area contributed by atoms with Gasteiger partial charge in [-0.1, -0.05) is 42.8 Å². The van der Waals surface area contributed by atoms with Crippen molar-refractivity contribution >= 4 is 45.5 Å². The molecule has 3 aromatic rings. The summed E-state index contributed by atoms with van der Waals surface area (Å²) in [7, 11) is 0. The molecule has 0 atom stereocenters. The fourth-order valence-corrected chi connectivity index (χ4v) is 4.13. The molecule has 9 heteroatoms. The van der Waals surface area contributed by atoms with Crippen LogP contribution in [-0.4, -0.2) is 23.4 Å². The number of halogens is 1. The Kier molecular flexibility index (Phi) is 7.04. The molecule has 2 aromatic carbocycles. The van der Waals surface area contributed by atoms with Crippen molar-refractivity contribution < 1.29 is 19.2 Å². The van der Waals surface area contributed by atoms with E-state index in [9.17, 15) is 19.7 Å². The first-order chi connectivity index (χ1) is 14.8. The summed E-state index contributed by atoms with van der Waals surface area (Å²) in [5.41, 5.74) is 2.20. The summed E-state index contributed by atoms with van der Waals surface area (Å²) >= 11 is 6.97. The molecule has 0 bridgehead atoms. The van der Waals surface area contributed by atoms with Crippen LogP contribution in [0.3, 0.4) is 0 Å². The summed E-state index contributed by atoms with van der Waals surface area (Å²) in [6.07, 6.45) is 0.885. The molecular weight excluding hydrogens is 440 g/mol. The second kappa shape index (κ2) is 9.72. The van der Waals surface area contributed by atoms with Gasteiger partial charge >= 0.3 is 5.97 Å². The number of nitro benzene ring substituents is 1. The number of carbonyl (C=O) groups excluding carboxylic acids is 2. The lowest BCUT2D eigenvalue weighted by Crippen LogP contribution is -2.16. The van der Waals surface area contributed by atoms with E-state index < -0.39 is 22.5 Å². The highest BCUT2D eigenvalue weighted by molar-refractivity contribution is 7.15. The van der Waals surface area contributed by atoms with Gasteiger partial charge in [0.05, 0.1) is 11.5 Å². The summed E-state index contributed by atoms with van der Waals surface area (Å²) in [4.78, 5) is 36.1. The number of amides is 1. The largest absolute Gasteiger partial charge is 0.462 e. The van der Waals surface area contributed by atoms with Crippen LogP contribution in [0.5, 0.6) is 0 Å². The Balaban J connectivity index is 2.01. The van der Waals surface area contributed by atoms with Crippen molar-refractivity contribution in [1.82, 2.24) is 0 Å². The van der Waals surface area contributed by atoms with Crippen LogP contribution in [-0.2, 0) is 11.2 Å². The van der Waals surface area contributed by atoms with E-state index in [1.165, 1.54) is 12.1 Å². The Labute approximate surface area is 187 Å². The normalized spacial score (nSPS) is 10.5. The Morgan fingerprint density at radius 1 is 1.16 bits per heavy atom. The maximum Gasteiger partial charge on any atom is 0.341 e. The van der Waals surface area contributed by atoms with Gasteiger partial charge in [-0.25, -0.2) is 4.79 Å². The highest BCUT2D eigenvalue weighted by Crippen LogP contribution is 2.37. The number of carbonyl (C=O) groups is 2. The van der Waals surface area contributed by atoms with Crippen LogP contribution in [0.1, 0.15) is 40.1 Å². The Bertz CT molecular complexity index is 1140. The van der Waals surface area contributed by atoms with Crippen molar-refractivity contribution in [1.29, 1.82) is 0 Å². The number of thiophene rings is 1. The van der Waals surface area contributed by atoms with Crippen LogP contribution in [0.15, 0.2) is 47.8 Å². The topological polar surface area (TPSA) is 98.5 Å². The summed E-state index contributed by atoms with van der Waals surface area (Å²) in [5, 5.41) is 16.1. The Morgan fingerprint density at radius 3 is 2.48 bits per heavy atom. The Hall–Kier alpha value is -3.23. The van der Waals surface area contributed by atoms with E-state index in [1.54, 1.807) is 12.3 Å². The number of hydrogen-bond donors (Lipinski definition) is 1. The summed E-state index contributed by atoms with van der Waals surface area (Å²) in [6, 6.07) is 11.5. The SMILES string of the molecule is CCOC(=O)c1c(-c2ccc(CC)cc2)csc1NC(=O)c1ccc(Cl)cc1[N+](=O)[O-]. The molecule has 0 aliphatic carbocycles. The second-order valence-electron chi connectivity index (χ2n) is 6.50. The highest BCUT2D eigenvalue weighted by atomic mass is 35.5. The predicted octanol–water partition coefficient (Wildman–Crippen LogP) is 5.97. The number of rotatable bonds is 7. The van der Waals surface area contributed by atoms with Gasteiger partial charge in [-0.15, -0.1) is 11.3 Å². The van der Waals surface area contributed by atoms with E-state index in [-0.39, 0.29) is 27.8 Å². The van der Waals surface area contributed by atoms with E-state index in [4.69, 9.17) is 16.3 Å². The minimum Gasteiger partial charge on any atom is -0.462 e. The molecule has 0 radical (unpaired) electrons. The monoisotopic (exact) mass is 458 g/mol. The van der Waals surface area contributed by atoms with Crippen molar-refractivity contribution in [3.05, 3.63) is 79.7 Å². The molecule has 0 saturated heterocycles. The summed E-state index contributed by atoms with van der Waals surface area (Å²) in [5.74, 6) is -1.30. The number of anilines is 1. The smallest absolute Gasteiger partial charge is 0.341 e. The minimum atomic E-state index is -0.719. The molecule has 0 aliphatic heterocycles. The van der Waals surface area contributed by atoms with Gasteiger partial charge in [-0.2, -0.15) is 0 Å². The Morgan fingerprint density at radius 2 is 1.87 bits per heavy atom. The van der Waals surface area contributed by atoms with Crippen molar-refractivity contribution in [2.45, 2.75) is 20.3 Å². The quantitative estimate of drug-likeness (QED) is 0.267. The fourth-order valence-electron chi connectivity index (χ4n) is 3.01. The molecule has 0 fully saturated rings. The molecule has 1 amide bonds. The average molecular weight is 459 g/mol. The molecular formula is C22H19ClN2O5S. The maximum atomic E-state index is 12.8. The zero-order valence-electron chi connectivity index (χ0n) is 16.8. The van der Waals surface area contributed by atoms with Gasteiger partial charge in [0.15, 0.2) is 0 Å². The number of nitrogens with zero attached hydrogens (tertiary/aromatic N) is 1. The predicted molar refractivity (Wildman–Crippen MR) is 121 cm³/mol. The fraction of sp³-hybridized carbons (Fsp3) is 0.182. The number of aryl methyl sites for hydroxylation is 1. The number of nitrogens with one attached hydrogen (secondary N) is 1. The van der Waals surface area contributed by atoms with Gasteiger partial charge < -0.3 is 10.1 Å². The highest BCUT2D eigenvalue weighted by Gasteiger charge is 2.26. The molecule has 1 N–H and O–H groups in total. The molecule has 0 aliphatic rings. The van der Waals surface area contributed by atoms with Crippen molar-refractivity contribution in [3.63, 3.8) is 0 Å². The third kappa shape index (κ3) is 4.92. The van der Waals surface area contributed by atoms with E-state index in [2.05, 4.69) is 5.32 Å². The molecule has 7 nitrogen and oxygen atoms in total. The summed E-state index contributed by atoms with van der Waals surface area (Å²) in [6.45, 7) is 3.90. The van der Waals surface area contributed by atoms with Gasteiger partial charge in [0, 0.05) is 22.0 Å². The number of ether oxygens (including phenoxy) is 1. The third-order valence-electron chi connectivity index (χ3n) is 4.57. The number of nitro groups is 1. The molecule has 0 spiro atoms. The van der Waals surface area contributed by atoms with Crippen LogP contribution in [0, 0.1) is 10.1 Å². The first kappa shape index (κ1) is 22.5. The second-order valence-corrected chi connectivity index (χ2v) is 7.81. The molecule has 31 heavy (non-hydrogen) atoms. The van der Waals surface area contributed by atoms with Crippen LogP contribution >= 0.6 is 22.9 Å². The van der Waals surface area contributed by atoms with Crippen molar-refractivity contribution in [3.8, 4) is 11.1 Å². The van der Waals surface area contributed by atoms with Gasteiger partial charge in [0.1, 0.15) is 16.1 Å². The van der Waals surface area contributed by atoms with E-state index in [0.29, 0.717) is 5.56 Å². The van der Waals surface area contributed by atoms with E-state index in [0.717, 1.165) is 35.0 Å². The molecule has 0 saturated carbocycles. The number of hydrogen-bond acceptors (Lipinski definition) is 6. The lowest BCUT2D eigenvalue weighted by Gasteiger charge is -2.09.